The van der Waals surface area contributed by atoms with Crippen LogP contribution in [-0.4, -0.2) is 17.0 Å². The van der Waals surface area contributed by atoms with Gasteiger partial charge in [0.1, 0.15) is 0 Å². The van der Waals surface area contributed by atoms with Crippen LogP contribution in [0.15, 0.2) is 54.6 Å². The molecular weight excluding hydrogens is 284 g/mol. The molecule has 1 aromatic carbocycles. The maximum absolute atomic E-state index is 12.1. The highest BCUT2D eigenvalue weighted by molar-refractivity contribution is 5.95. The summed E-state index contributed by atoms with van der Waals surface area (Å²) in [6.07, 6.45) is 13.4. The first-order chi connectivity index (χ1) is 11.2. The molecule has 1 aromatic rings. The van der Waals surface area contributed by atoms with Crippen LogP contribution >= 0.6 is 0 Å². The fraction of sp³-hybridized carbons (Fsp3) is 0.476. The van der Waals surface area contributed by atoms with Crippen molar-refractivity contribution in [1.29, 1.82) is 0 Å². The van der Waals surface area contributed by atoms with Gasteiger partial charge in [0.2, 0.25) is 0 Å². The van der Waals surface area contributed by atoms with E-state index < -0.39 is 6.10 Å². The highest BCUT2D eigenvalue weighted by atomic mass is 16.3. The monoisotopic (exact) mass is 312 g/mol. The van der Waals surface area contributed by atoms with E-state index in [0.29, 0.717) is 6.42 Å². The van der Waals surface area contributed by atoms with Crippen LogP contribution in [0.5, 0.6) is 0 Å². The lowest BCUT2D eigenvalue weighted by atomic mass is 9.86. The van der Waals surface area contributed by atoms with E-state index >= 15 is 0 Å². The molecule has 0 saturated carbocycles. The van der Waals surface area contributed by atoms with Gasteiger partial charge in [-0.2, -0.15) is 0 Å². The fourth-order valence-corrected chi connectivity index (χ4v) is 3.16. The highest BCUT2D eigenvalue weighted by Gasteiger charge is 2.34. The summed E-state index contributed by atoms with van der Waals surface area (Å²) in [5.74, 6) is -0.190. The molecule has 0 spiro atoms. The van der Waals surface area contributed by atoms with Crippen molar-refractivity contribution >= 4 is 5.78 Å². The van der Waals surface area contributed by atoms with E-state index in [9.17, 15) is 9.90 Å². The van der Waals surface area contributed by atoms with Crippen molar-refractivity contribution in [3.05, 3.63) is 60.2 Å². The molecule has 1 N–H and O–H groups in total. The zero-order valence-corrected chi connectivity index (χ0v) is 14.0. The Morgan fingerprint density at radius 2 is 2.00 bits per heavy atom. The summed E-state index contributed by atoms with van der Waals surface area (Å²) >= 11 is 0. The van der Waals surface area contributed by atoms with Crippen LogP contribution in [0, 0.1) is 11.8 Å². The summed E-state index contributed by atoms with van der Waals surface area (Å²) in [7, 11) is 0. The number of allylic oxidation sites excluding steroid dienone is 4. The van der Waals surface area contributed by atoms with E-state index in [1.807, 2.05) is 24.3 Å². The van der Waals surface area contributed by atoms with Gasteiger partial charge < -0.3 is 5.11 Å². The fourth-order valence-electron chi connectivity index (χ4n) is 3.16. The van der Waals surface area contributed by atoms with E-state index in [4.69, 9.17) is 0 Å². The first-order valence-corrected chi connectivity index (χ1v) is 8.83. The third kappa shape index (κ3) is 5.47. The second kappa shape index (κ2) is 9.46. The van der Waals surface area contributed by atoms with Crippen molar-refractivity contribution in [2.24, 2.45) is 11.8 Å². The Bertz CT molecular complexity index is 530. The van der Waals surface area contributed by atoms with Gasteiger partial charge in [0.25, 0.3) is 0 Å². The molecule has 0 aliphatic heterocycles. The maximum Gasteiger partial charge on any atom is 0.161 e. The Balaban J connectivity index is 1.86. The number of hydrogen-bond acceptors (Lipinski definition) is 2. The summed E-state index contributed by atoms with van der Waals surface area (Å²) in [5.41, 5.74) is 1.21. The van der Waals surface area contributed by atoms with E-state index in [1.165, 1.54) is 24.8 Å². The Labute approximate surface area is 139 Å². The lowest BCUT2D eigenvalue weighted by molar-refractivity contribution is -0.121. The summed E-state index contributed by atoms with van der Waals surface area (Å²) in [6.45, 7) is 2.20. The molecule has 1 aliphatic carbocycles. The Hall–Kier alpha value is -1.67. The van der Waals surface area contributed by atoms with Crippen molar-refractivity contribution < 1.29 is 9.90 Å². The molecule has 0 unspecified atom stereocenters. The minimum atomic E-state index is -0.581. The quantitative estimate of drug-likeness (QED) is 0.539. The van der Waals surface area contributed by atoms with Gasteiger partial charge in [-0.1, -0.05) is 68.3 Å². The normalized spacial score (nSPS) is 22.1. The Morgan fingerprint density at radius 1 is 1.22 bits per heavy atom. The zero-order chi connectivity index (χ0) is 16.5. The molecule has 23 heavy (non-hydrogen) atoms. The summed E-state index contributed by atoms with van der Waals surface area (Å²) in [6, 6.07) is 10.1. The van der Waals surface area contributed by atoms with Crippen LogP contribution in [0.4, 0.5) is 0 Å². The van der Waals surface area contributed by atoms with Crippen molar-refractivity contribution in [2.45, 2.75) is 51.6 Å². The molecule has 0 radical (unpaired) electrons. The molecule has 3 atom stereocenters. The first kappa shape index (κ1) is 17.7. The smallest absolute Gasteiger partial charge is 0.161 e. The number of benzene rings is 1. The maximum atomic E-state index is 12.1. The van der Waals surface area contributed by atoms with Crippen LogP contribution in [0.3, 0.4) is 0 Å². The predicted octanol–water partition coefficient (Wildman–Crippen LogP) is 4.49. The SMILES string of the molecule is CCCCC/C=C/[C@H]1C=CC(=O)[C@@H]1[C@H](O)CCc1ccccc1. The summed E-state index contributed by atoms with van der Waals surface area (Å²) in [5, 5.41) is 10.5. The lowest BCUT2D eigenvalue weighted by Gasteiger charge is -2.21. The van der Waals surface area contributed by atoms with E-state index in [0.717, 1.165) is 12.8 Å². The van der Waals surface area contributed by atoms with Crippen molar-refractivity contribution in [3.8, 4) is 0 Å². The number of hydrogen-bond donors (Lipinski definition) is 1. The number of carbonyl (C=O) groups is 1. The van der Waals surface area contributed by atoms with Gasteiger partial charge in [0, 0.05) is 5.92 Å². The third-order valence-corrected chi connectivity index (χ3v) is 4.54. The van der Waals surface area contributed by atoms with Gasteiger partial charge in [-0.3, -0.25) is 4.79 Å². The average Bonchev–Trinajstić information content (AvgIpc) is 2.94. The number of unbranched alkanes of at least 4 members (excludes halogenated alkanes) is 3. The largest absolute Gasteiger partial charge is 0.392 e. The number of aliphatic hydroxyl groups excluding tert-OH is 1. The van der Waals surface area contributed by atoms with Gasteiger partial charge in [-0.05, 0) is 37.3 Å². The summed E-state index contributed by atoms with van der Waals surface area (Å²) < 4.78 is 0. The molecule has 0 saturated heterocycles. The topological polar surface area (TPSA) is 37.3 Å². The molecule has 2 heteroatoms. The van der Waals surface area contributed by atoms with Crippen LogP contribution in [0.1, 0.15) is 44.6 Å². The van der Waals surface area contributed by atoms with Crippen LogP contribution < -0.4 is 0 Å². The van der Waals surface area contributed by atoms with E-state index in [2.05, 4.69) is 31.2 Å². The second-order valence-corrected chi connectivity index (χ2v) is 6.38. The first-order valence-electron chi connectivity index (χ1n) is 8.83. The lowest BCUT2D eigenvalue weighted by Crippen LogP contribution is -2.29. The number of carbonyl (C=O) groups excluding carboxylic acids is 1. The number of aryl methyl sites for hydroxylation is 1. The molecule has 2 rings (SSSR count). The molecular formula is C21H28O2. The Kier molecular flexibility index (Phi) is 7.28. The molecule has 0 bridgehead atoms. The molecule has 0 fully saturated rings. The molecule has 2 nitrogen and oxygen atoms in total. The van der Waals surface area contributed by atoms with Crippen LogP contribution in [0.25, 0.3) is 0 Å². The molecule has 1 aliphatic rings. The number of rotatable bonds is 9. The van der Waals surface area contributed by atoms with Crippen molar-refractivity contribution in [1.82, 2.24) is 0 Å². The third-order valence-electron chi connectivity index (χ3n) is 4.54. The summed E-state index contributed by atoms with van der Waals surface area (Å²) in [4.78, 5) is 12.1. The highest BCUT2D eigenvalue weighted by Crippen LogP contribution is 2.29. The molecule has 0 heterocycles. The van der Waals surface area contributed by atoms with E-state index in [1.54, 1.807) is 6.08 Å². The van der Waals surface area contributed by atoms with E-state index in [-0.39, 0.29) is 17.6 Å². The van der Waals surface area contributed by atoms with Gasteiger partial charge in [0.15, 0.2) is 5.78 Å². The second-order valence-electron chi connectivity index (χ2n) is 6.38. The molecule has 0 amide bonds. The number of ketones is 1. The molecule has 0 aromatic heterocycles. The van der Waals surface area contributed by atoms with Gasteiger partial charge in [-0.15, -0.1) is 0 Å². The van der Waals surface area contributed by atoms with Crippen molar-refractivity contribution in [2.75, 3.05) is 0 Å². The van der Waals surface area contributed by atoms with Gasteiger partial charge >= 0.3 is 0 Å². The van der Waals surface area contributed by atoms with Crippen molar-refractivity contribution in [3.63, 3.8) is 0 Å². The Morgan fingerprint density at radius 3 is 2.74 bits per heavy atom. The van der Waals surface area contributed by atoms with Gasteiger partial charge in [-0.25, -0.2) is 0 Å². The minimum Gasteiger partial charge on any atom is -0.392 e. The van der Waals surface area contributed by atoms with Crippen LogP contribution in [-0.2, 0) is 11.2 Å². The average molecular weight is 312 g/mol. The van der Waals surface area contributed by atoms with Crippen LogP contribution in [0.2, 0.25) is 0 Å². The van der Waals surface area contributed by atoms with Gasteiger partial charge in [0.05, 0.1) is 12.0 Å². The minimum absolute atomic E-state index is 0.0508. The molecule has 124 valence electrons. The predicted molar refractivity (Wildman–Crippen MR) is 95.2 cm³/mol. The number of aliphatic hydroxyl groups is 1. The standard InChI is InChI=1S/C21H28O2/c1-2-3-4-5-9-12-18-14-16-20(23)21(18)19(22)15-13-17-10-7-6-8-11-17/h6-12,14,16,18-19,21-22H,2-5,13,15H2,1H3/b12-9+/t18-,19+,21-/m0/s1. The zero-order valence-electron chi connectivity index (χ0n) is 14.0.